The third-order valence-electron chi connectivity index (χ3n) is 5.80. The van der Waals surface area contributed by atoms with Crippen LogP contribution in [-0.2, 0) is 6.54 Å². The summed E-state index contributed by atoms with van der Waals surface area (Å²) in [6.45, 7) is 3.17. The zero-order valence-electron chi connectivity index (χ0n) is 14.7. The Kier molecular flexibility index (Phi) is 4.92. The summed E-state index contributed by atoms with van der Waals surface area (Å²) in [6.07, 6.45) is 13.1. The summed E-state index contributed by atoms with van der Waals surface area (Å²) in [4.78, 5) is 23.6. The van der Waals surface area contributed by atoms with Crippen molar-refractivity contribution in [2.75, 3.05) is 13.1 Å². The monoisotopic (exact) mass is 338 g/mol. The van der Waals surface area contributed by atoms with Crippen molar-refractivity contribution in [3.05, 3.63) is 47.3 Å². The molecule has 0 spiro atoms. The fourth-order valence-corrected chi connectivity index (χ4v) is 4.29. The van der Waals surface area contributed by atoms with E-state index in [9.17, 15) is 4.79 Å². The largest absolute Gasteiger partial charge is 0.300 e. The number of pyridine rings is 1. The number of hydrogen-bond acceptors (Lipinski definition) is 4. The second-order valence-electron chi connectivity index (χ2n) is 7.42. The second kappa shape index (κ2) is 7.48. The Hall–Kier alpha value is -2.01. The van der Waals surface area contributed by atoms with E-state index in [0.717, 1.165) is 23.8 Å². The Morgan fingerprint density at radius 3 is 2.44 bits per heavy atom. The van der Waals surface area contributed by atoms with Crippen molar-refractivity contribution in [1.82, 2.24) is 19.4 Å². The fraction of sp³-hybridized carbons (Fsp3) is 0.550. The van der Waals surface area contributed by atoms with Crippen molar-refractivity contribution in [3.8, 4) is 11.3 Å². The van der Waals surface area contributed by atoms with Crippen LogP contribution in [0.5, 0.6) is 0 Å². The summed E-state index contributed by atoms with van der Waals surface area (Å²) >= 11 is 0. The number of rotatable bonds is 4. The standard InChI is InChI=1S/C20H26N4O/c25-20-13-19(17-5-9-21-10-6-17)22-15-24(20)14-16-7-11-23(12-8-16)18-3-1-2-4-18/h5-6,9-10,13,15-16,18H,1-4,7-8,11-12,14H2. The maximum absolute atomic E-state index is 12.5. The van der Waals surface area contributed by atoms with Gasteiger partial charge in [-0.2, -0.15) is 0 Å². The van der Waals surface area contributed by atoms with E-state index in [1.165, 1.54) is 51.6 Å². The van der Waals surface area contributed by atoms with Gasteiger partial charge >= 0.3 is 0 Å². The Balaban J connectivity index is 1.38. The lowest BCUT2D eigenvalue weighted by Gasteiger charge is -2.36. The predicted octanol–water partition coefficient (Wildman–Crippen LogP) is 2.96. The van der Waals surface area contributed by atoms with Gasteiger partial charge in [-0.15, -0.1) is 0 Å². The Labute approximate surface area is 148 Å². The SMILES string of the molecule is O=c1cc(-c2ccncc2)ncn1CC1CCN(C2CCCC2)CC1. The molecule has 1 saturated carbocycles. The van der Waals surface area contributed by atoms with E-state index in [2.05, 4.69) is 14.9 Å². The van der Waals surface area contributed by atoms with Gasteiger partial charge in [0.15, 0.2) is 0 Å². The highest BCUT2D eigenvalue weighted by atomic mass is 16.1. The van der Waals surface area contributed by atoms with Crippen molar-refractivity contribution in [1.29, 1.82) is 0 Å². The molecule has 0 atom stereocenters. The smallest absolute Gasteiger partial charge is 0.253 e. The first-order valence-electron chi connectivity index (χ1n) is 9.50. The Morgan fingerprint density at radius 2 is 1.76 bits per heavy atom. The first-order valence-corrected chi connectivity index (χ1v) is 9.50. The van der Waals surface area contributed by atoms with E-state index < -0.39 is 0 Å². The molecule has 1 aliphatic heterocycles. The van der Waals surface area contributed by atoms with Gasteiger partial charge in [0.25, 0.3) is 5.56 Å². The van der Waals surface area contributed by atoms with Crippen molar-refractivity contribution in [2.24, 2.45) is 5.92 Å². The molecule has 0 aromatic carbocycles. The van der Waals surface area contributed by atoms with E-state index in [1.807, 2.05) is 12.1 Å². The Morgan fingerprint density at radius 1 is 1.04 bits per heavy atom. The summed E-state index contributed by atoms with van der Waals surface area (Å²) in [5.74, 6) is 0.587. The van der Waals surface area contributed by atoms with Gasteiger partial charge < -0.3 is 4.90 Å². The zero-order chi connectivity index (χ0) is 17.1. The molecular formula is C20H26N4O. The summed E-state index contributed by atoms with van der Waals surface area (Å²) in [7, 11) is 0. The highest BCUT2D eigenvalue weighted by Gasteiger charge is 2.27. The summed E-state index contributed by atoms with van der Waals surface area (Å²) < 4.78 is 1.78. The normalized spacial score (nSPS) is 20.2. The summed E-state index contributed by atoms with van der Waals surface area (Å²) in [5, 5.41) is 0. The van der Waals surface area contributed by atoms with Crippen LogP contribution in [0.4, 0.5) is 0 Å². The number of aromatic nitrogens is 3. The van der Waals surface area contributed by atoms with E-state index in [0.29, 0.717) is 5.92 Å². The van der Waals surface area contributed by atoms with Crippen LogP contribution in [0.25, 0.3) is 11.3 Å². The third kappa shape index (κ3) is 3.82. The first-order chi connectivity index (χ1) is 12.3. The lowest BCUT2D eigenvalue weighted by molar-refractivity contribution is 0.127. The summed E-state index contributed by atoms with van der Waals surface area (Å²) in [6, 6.07) is 6.23. The van der Waals surface area contributed by atoms with Gasteiger partial charge in [-0.1, -0.05) is 12.8 Å². The molecule has 2 aromatic rings. The van der Waals surface area contributed by atoms with Crippen LogP contribution in [0, 0.1) is 5.92 Å². The molecule has 25 heavy (non-hydrogen) atoms. The minimum atomic E-state index is 0.0417. The molecule has 2 fully saturated rings. The topological polar surface area (TPSA) is 51.0 Å². The molecule has 0 unspecified atom stereocenters. The van der Waals surface area contributed by atoms with Gasteiger partial charge in [-0.25, -0.2) is 4.98 Å². The van der Waals surface area contributed by atoms with Gasteiger partial charge in [0.1, 0.15) is 0 Å². The van der Waals surface area contributed by atoms with E-state index in [-0.39, 0.29) is 5.56 Å². The highest BCUT2D eigenvalue weighted by molar-refractivity contribution is 5.57. The number of piperidine rings is 1. The zero-order valence-corrected chi connectivity index (χ0v) is 14.7. The molecule has 1 saturated heterocycles. The molecule has 2 aliphatic rings. The molecule has 0 bridgehead atoms. The van der Waals surface area contributed by atoms with Crippen LogP contribution in [0.1, 0.15) is 38.5 Å². The molecule has 3 heterocycles. The van der Waals surface area contributed by atoms with Crippen molar-refractivity contribution >= 4 is 0 Å². The highest BCUT2D eigenvalue weighted by Crippen LogP contribution is 2.28. The number of hydrogen-bond donors (Lipinski definition) is 0. The van der Waals surface area contributed by atoms with Crippen LogP contribution in [0.3, 0.4) is 0 Å². The molecule has 132 valence electrons. The average molecular weight is 338 g/mol. The minimum Gasteiger partial charge on any atom is -0.300 e. The van der Waals surface area contributed by atoms with Gasteiger partial charge in [-0.05, 0) is 56.8 Å². The van der Waals surface area contributed by atoms with Gasteiger partial charge in [0.05, 0.1) is 12.0 Å². The molecule has 0 radical (unpaired) electrons. The minimum absolute atomic E-state index is 0.0417. The summed E-state index contributed by atoms with van der Waals surface area (Å²) in [5.41, 5.74) is 1.70. The molecule has 0 N–H and O–H groups in total. The van der Waals surface area contributed by atoms with Crippen LogP contribution in [-0.4, -0.2) is 38.6 Å². The average Bonchev–Trinajstić information content (AvgIpc) is 3.19. The quantitative estimate of drug-likeness (QED) is 0.860. The maximum atomic E-state index is 12.5. The predicted molar refractivity (Wildman–Crippen MR) is 98.3 cm³/mol. The number of likely N-dealkylation sites (tertiary alicyclic amines) is 1. The maximum Gasteiger partial charge on any atom is 0.253 e. The molecular weight excluding hydrogens is 312 g/mol. The van der Waals surface area contributed by atoms with Crippen molar-refractivity contribution < 1.29 is 0 Å². The molecule has 4 rings (SSSR count). The van der Waals surface area contributed by atoms with E-state index >= 15 is 0 Å². The van der Waals surface area contributed by atoms with Crippen LogP contribution in [0.15, 0.2) is 41.7 Å². The van der Waals surface area contributed by atoms with Crippen molar-refractivity contribution in [3.63, 3.8) is 0 Å². The molecule has 0 amide bonds. The van der Waals surface area contributed by atoms with E-state index in [1.54, 1.807) is 29.4 Å². The Bertz CT molecular complexity index is 744. The van der Waals surface area contributed by atoms with Gasteiger partial charge in [0, 0.05) is 36.6 Å². The lowest BCUT2D eigenvalue weighted by atomic mass is 9.95. The third-order valence-corrected chi connectivity index (χ3v) is 5.80. The number of nitrogens with zero attached hydrogens (tertiary/aromatic N) is 4. The van der Waals surface area contributed by atoms with Crippen LogP contribution in [0.2, 0.25) is 0 Å². The molecule has 1 aliphatic carbocycles. The molecule has 5 heteroatoms. The van der Waals surface area contributed by atoms with Crippen molar-refractivity contribution in [2.45, 2.75) is 51.1 Å². The molecule has 5 nitrogen and oxygen atoms in total. The lowest BCUT2D eigenvalue weighted by Crippen LogP contribution is -2.41. The second-order valence-corrected chi connectivity index (χ2v) is 7.42. The van der Waals surface area contributed by atoms with Crippen LogP contribution >= 0.6 is 0 Å². The van der Waals surface area contributed by atoms with Crippen LogP contribution < -0.4 is 5.56 Å². The first kappa shape index (κ1) is 16.5. The van der Waals surface area contributed by atoms with Gasteiger partial charge in [0.2, 0.25) is 0 Å². The van der Waals surface area contributed by atoms with Gasteiger partial charge in [-0.3, -0.25) is 14.3 Å². The van der Waals surface area contributed by atoms with E-state index in [4.69, 9.17) is 0 Å². The fourth-order valence-electron chi connectivity index (χ4n) is 4.29. The molecule has 2 aromatic heterocycles.